The highest BCUT2D eigenvalue weighted by molar-refractivity contribution is 7.09. The Kier molecular flexibility index (Phi) is 2.55. The minimum absolute atomic E-state index is 0.0650. The molecule has 0 unspecified atom stereocenters. The predicted octanol–water partition coefficient (Wildman–Crippen LogP) is 1.95. The number of thiazole rings is 1. The van der Waals surface area contributed by atoms with E-state index < -0.39 is 12.1 Å². The molecule has 0 saturated heterocycles. The molecule has 1 aromatic rings. The number of aromatic nitrogens is 1. The van der Waals surface area contributed by atoms with Crippen molar-refractivity contribution in [2.75, 3.05) is 5.32 Å². The van der Waals surface area contributed by atoms with Crippen molar-refractivity contribution in [3.63, 3.8) is 0 Å². The first-order valence-electron chi connectivity index (χ1n) is 3.20. The Bertz CT molecular complexity index is 320. The zero-order valence-corrected chi connectivity index (χ0v) is 7.29. The molecule has 0 aliphatic rings. The number of alkyl halides is 3. The summed E-state index contributed by atoms with van der Waals surface area (Å²) in [5.41, 5.74) is 0. The van der Waals surface area contributed by atoms with Crippen LogP contribution in [0.1, 0.15) is 5.01 Å². The number of nitrogens with one attached hydrogen (secondary N) is 1. The maximum absolute atomic E-state index is 11.7. The first-order valence-corrected chi connectivity index (χ1v) is 4.08. The van der Waals surface area contributed by atoms with Crippen LogP contribution in [0.5, 0.6) is 0 Å². The SMILES string of the molecule is Cc1nc(NC(=O)C(F)(F)F)cs1. The van der Waals surface area contributed by atoms with Crippen molar-refractivity contribution in [1.82, 2.24) is 4.98 Å². The summed E-state index contributed by atoms with van der Waals surface area (Å²) in [7, 11) is 0. The molecule has 1 amide bonds. The molecular weight excluding hydrogens is 205 g/mol. The van der Waals surface area contributed by atoms with Gasteiger partial charge in [0, 0.05) is 5.38 Å². The minimum atomic E-state index is -4.86. The first kappa shape index (κ1) is 9.97. The first-order chi connectivity index (χ1) is 5.89. The summed E-state index contributed by atoms with van der Waals surface area (Å²) in [6.45, 7) is 1.63. The number of hydrogen-bond acceptors (Lipinski definition) is 3. The smallest absolute Gasteiger partial charge is 0.302 e. The molecular formula is C6H5F3N2OS. The number of hydrogen-bond donors (Lipinski definition) is 1. The lowest BCUT2D eigenvalue weighted by molar-refractivity contribution is -0.167. The maximum Gasteiger partial charge on any atom is 0.471 e. The van der Waals surface area contributed by atoms with Gasteiger partial charge in [-0.15, -0.1) is 11.3 Å². The Morgan fingerprint density at radius 3 is 2.62 bits per heavy atom. The average Bonchev–Trinajstić information content (AvgIpc) is 2.33. The molecule has 3 nitrogen and oxygen atoms in total. The third-order valence-electron chi connectivity index (χ3n) is 1.12. The molecule has 0 aromatic carbocycles. The molecule has 13 heavy (non-hydrogen) atoms. The molecule has 72 valence electrons. The molecule has 0 aliphatic carbocycles. The van der Waals surface area contributed by atoms with Crippen molar-refractivity contribution in [2.45, 2.75) is 13.1 Å². The fourth-order valence-electron chi connectivity index (χ4n) is 0.608. The molecule has 0 atom stereocenters. The molecule has 1 N–H and O–H groups in total. The number of amides is 1. The molecule has 0 radical (unpaired) electrons. The molecule has 1 rings (SSSR count). The number of nitrogens with zero attached hydrogens (tertiary/aromatic N) is 1. The van der Waals surface area contributed by atoms with E-state index in [1.165, 1.54) is 5.38 Å². The van der Waals surface area contributed by atoms with E-state index in [0.29, 0.717) is 5.01 Å². The van der Waals surface area contributed by atoms with Crippen molar-refractivity contribution in [3.8, 4) is 0 Å². The summed E-state index contributed by atoms with van der Waals surface area (Å²) in [4.78, 5) is 14.0. The van der Waals surface area contributed by atoms with Crippen LogP contribution >= 0.6 is 11.3 Å². The van der Waals surface area contributed by atoms with Crippen LogP contribution in [0.25, 0.3) is 0 Å². The van der Waals surface area contributed by atoms with Crippen molar-refractivity contribution in [2.24, 2.45) is 0 Å². The minimum Gasteiger partial charge on any atom is -0.302 e. The predicted molar refractivity (Wildman–Crippen MR) is 41.5 cm³/mol. The molecule has 7 heteroatoms. The maximum atomic E-state index is 11.7. The second kappa shape index (κ2) is 3.33. The van der Waals surface area contributed by atoms with E-state index in [9.17, 15) is 18.0 Å². The molecule has 0 aliphatic heterocycles. The molecule has 0 saturated carbocycles. The van der Waals surface area contributed by atoms with Gasteiger partial charge in [0.15, 0.2) is 0 Å². The van der Waals surface area contributed by atoms with E-state index >= 15 is 0 Å². The van der Waals surface area contributed by atoms with E-state index in [0.717, 1.165) is 11.3 Å². The summed E-state index contributed by atoms with van der Waals surface area (Å²) in [5.74, 6) is -2.07. The Balaban J connectivity index is 2.65. The van der Waals surface area contributed by atoms with Crippen LogP contribution in [0.2, 0.25) is 0 Å². The van der Waals surface area contributed by atoms with Crippen LogP contribution < -0.4 is 5.32 Å². The number of anilines is 1. The van der Waals surface area contributed by atoms with Crippen LogP contribution in [0.15, 0.2) is 5.38 Å². The monoisotopic (exact) mass is 210 g/mol. The zero-order chi connectivity index (χ0) is 10.1. The molecule has 0 fully saturated rings. The number of aryl methyl sites for hydroxylation is 1. The Hall–Kier alpha value is -1.11. The summed E-state index contributed by atoms with van der Waals surface area (Å²) in [6.07, 6.45) is -4.86. The van der Waals surface area contributed by atoms with Gasteiger partial charge >= 0.3 is 12.1 Å². The zero-order valence-electron chi connectivity index (χ0n) is 6.47. The van der Waals surface area contributed by atoms with Gasteiger partial charge < -0.3 is 5.32 Å². The number of halogens is 3. The van der Waals surface area contributed by atoms with Gasteiger partial charge in [0.05, 0.1) is 5.01 Å². The Morgan fingerprint density at radius 1 is 1.62 bits per heavy atom. The standard InChI is InChI=1S/C6H5F3N2OS/c1-3-10-4(2-13-3)11-5(12)6(7,8)9/h2H,1H3,(H,11,12). The summed E-state index contributed by atoms with van der Waals surface area (Å²) >= 11 is 1.16. The highest BCUT2D eigenvalue weighted by atomic mass is 32.1. The van der Waals surface area contributed by atoms with Gasteiger partial charge in [-0.3, -0.25) is 4.79 Å². The highest BCUT2D eigenvalue weighted by Gasteiger charge is 2.38. The van der Waals surface area contributed by atoms with Crippen molar-refractivity contribution < 1.29 is 18.0 Å². The molecule has 0 bridgehead atoms. The van der Waals surface area contributed by atoms with E-state index in [-0.39, 0.29) is 5.82 Å². The molecule has 1 heterocycles. The third kappa shape index (κ3) is 2.69. The van der Waals surface area contributed by atoms with Crippen molar-refractivity contribution >= 4 is 23.1 Å². The fourth-order valence-corrected chi connectivity index (χ4v) is 1.15. The summed E-state index contributed by atoms with van der Waals surface area (Å²) in [5, 5.41) is 3.58. The lowest BCUT2D eigenvalue weighted by Gasteiger charge is -2.04. The topological polar surface area (TPSA) is 42.0 Å². The quantitative estimate of drug-likeness (QED) is 0.769. The van der Waals surface area contributed by atoms with Gasteiger partial charge in [0.25, 0.3) is 0 Å². The second-order valence-corrected chi connectivity index (χ2v) is 3.27. The largest absolute Gasteiger partial charge is 0.471 e. The van der Waals surface area contributed by atoms with Gasteiger partial charge in [-0.05, 0) is 6.92 Å². The van der Waals surface area contributed by atoms with E-state index in [1.807, 2.05) is 0 Å². The van der Waals surface area contributed by atoms with Crippen LogP contribution in [0.3, 0.4) is 0 Å². The van der Waals surface area contributed by atoms with Crippen molar-refractivity contribution in [1.29, 1.82) is 0 Å². The lowest BCUT2D eigenvalue weighted by Crippen LogP contribution is -2.30. The van der Waals surface area contributed by atoms with Gasteiger partial charge in [0.1, 0.15) is 5.82 Å². The van der Waals surface area contributed by atoms with Gasteiger partial charge in [-0.2, -0.15) is 13.2 Å². The number of rotatable bonds is 1. The Labute approximate surface area is 75.6 Å². The van der Waals surface area contributed by atoms with Crippen LogP contribution in [0.4, 0.5) is 19.0 Å². The molecule has 1 aromatic heterocycles. The third-order valence-corrected chi connectivity index (χ3v) is 1.89. The van der Waals surface area contributed by atoms with Crippen LogP contribution in [0, 0.1) is 6.92 Å². The van der Waals surface area contributed by atoms with Gasteiger partial charge in [-0.1, -0.05) is 0 Å². The average molecular weight is 210 g/mol. The number of carbonyl (C=O) groups excluding carboxylic acids is 1. The summed E-state index contributed by atoms with van der Waals surface area (Å²) < 4.78 is 35.1. The lowest BCUT2D eigenvalue weighted by atomic mass is 10.5. The van der Waals surface area contributed by atoms with E-state index in [2.05, 4.69) is 4.98 Å². The van der Waals surface area contributed by atoms with E-state index in [4.69, 9.17) is 0 Å². The van der Waals surface area contributed by atoms with Gasteiger partial charge in [-0.25, -0.2) is 4.98 Å². The van der Waals surface area contributed by atoms with Crippen LogP contribution in [-0.2, 0) is 4.79 Å². The fraction of sp³-hybridized carbons (Fsp3) is 0.333. The van der Waals surface area contributed by atoms with Gasteiger partial charge in [0.2, 0.25) is 0 Å². The van der Waals surface area contributed by atoms with Crippen LogP contribution in [-0.4, -0.2) is 17.1 Å². The van der Waals surface area contributed by atoms with E-state index in [1.54, 1.807) is 12.2 Å². The number of carbonyl (C=O) groups is 1. The molecule has 0 spiro atoms. The Morgan fingerprint density at radius 2 is 2.23 bits per heavy atom. The van der Waals surface area contributed by atoms with Crippen molar-refractivity contribution in [3.05, 3.63) is 10.4 Å². The second-order valence-electron chi connectivity index (χ2n) is 2.20. The summed E-state index contributed by atoms with van der Waals surface area (Å²) in [6, 6.07) is 0. The normalized spacial score (nSPS) is 11.4. The highest BCUT2D eigenvalue weighted by Crippen LogP contribution is 2.19.